The Morgan fingerprint density at radius 2 is 1.71 bits per heavy atom. The van der Waals surface area contributed by atoms with E-state index in [2.05, 4.69) is 138 Å². The number of esters is 2. The number of cyclic esters (lactones) is 1. The summed E-state index contributed by atoms with van der Waals surface area (Å²) >= 11 is 0. The highest BCUT2D eigenvalue weighted by molar-refractivity contribution is 6.08. The number of piperidine rings is 1. The van der Waals surface area contributed by atoms with Crippen LogP contribution in [0.15, 0.2) is 144 Å². The van der Waals surface area contributed by atoms with Crippen LogP contribution in [0.25, 0.3) is 16.7 Å². The Balaban J connectivity index is 1.04. The number of carbonyl (C=O) groups excluding carboxylic acids is 2. The molecule has 0 amide bonds. The molecular weight excluding hydrogens is 995 g/mol. The minimum absolute atomic E-state index is 0.0320. The molecule has 6 aliphatic carbocycles. The number of phenolic OH excluding ortho intramolecular Hbond substituents is 1. The molecule has 5 heterocycles. The van der Waals surface area contributed by atoms with E-state index in [0.29, 0.717) is 60.4 Å². The Labute approximate surface area is 472 Å². The van der Waals surface area contributed by atoms with Crippen molar-refractivity contribution in [2.75, 3.05) is 33.7 Å². The second-order valence-corrected chi connectivity index (χ2v) is 25.4. The first-order chi connectivity index (χ1) is 38.9. The highest BCUT2D eigenvalue weighted by Gasteiger charge is 2.73. The van der Waals surface area contributed by atoms with Crippen LogP contribution < -0.4 is 26.6 Å². The number of aliphatic hydroxyl groups is 1. The monoisotopic (exact) mass is 1080 g/mol. The van der Waals surface area contributed by atoms with Crippen molar-refractivity contribution in [2.45, 2.75) is 128 Å². The smallest absolute Gasteiger partial charge is 0.340 e. The number of carbonyl (C=O) groups is 2. The van der Waals surface area contributed by atoms with Gasteiger partial charge in [-0.3, -0.25) is 0 Å². The summed E-state index contributed by atoms with van der Waals surface area (Å²) in [5, 5.41) is 41.2. The molecule has 0 aromatic heterocycles. The molecule has 2 saturated heterocycles. The average Bonchev–Trinajstić information content (AvgIpc) is 4.10. The molecule has 14 bridgehead atoms. The van der Waals surface area contributed by atoms with E-state index in [0.717, 1.165) is 117 Å². The number of benzene rings is 4. The standard InChI is InChI=1S/C69H81N5O6/c1-5-42(30-43-10-7-6-8-11-43)34-58-69-27-18-55-60(62(69)66(78)80-58)54-37-51(76)14-15-52(54)46-12-9-13-47(35-46)56-19-26-68(55)25-17-53-57(79-65(77)61(53)64(68)69)20-24-67(50-22-29-73-59(36-50)71-4)23-16-48(38-67)63(74-39-41(2)75)49-32-44(21-28-72-56)31-45(33-49)40-70-3/h6-15,19-20,26,31-35,37,41-42,48,50,55-56,59,63-64,70-76H,5,16-18,21-25,27-30,36,38-40H2,1-4H3. The Kier molecular flexibility index (Phi) is 14.3. The quantitative estimate of drug-likeness (QED) is 0.0568. The van der Waals surface area contributed by atoms with Gasteiger partial charge in [-0.2, -0.15) is 0 Å². The minimum Gasteiger partial charge on any atom is -0.508 e. The second-order valence-electron chi connectivity index (χ2n) is 25.4. The zero-order valence-corrected chi connectivity index (χ0v) is 47.2. The SMILES string of the molecule is CCC(C=C1OC(=O)C2=C3c4cc(O)ccc4-c4cccc(c4)C4C=CC56CCC7=C(C(=O)OC7=CCC7(C8CCNC(NC)C8)CCC(C7)C(NCC(C)O)c7cc(cc(CNC)c7)CCN4)C5C12CCC36)Cc1ccccc1. The molecule has 418 valence electrons. The Bertz CT molecular complexity index is 3250. The summed E-state index contributed by atoms with van der Waals surface area (Å²) in [6.45, 7) is 6.97. The van der Waals surface area contributed by atoms with Gasteiger partial charge in [-0.25, -0.2) is 9.59 Å². The van der Waals surface area contributed by atoms with E-state index in [1.54, 1.807) is 6.07 Å². The molecule has 2 saturated carbocycles. The van der Waals surface area contributed by atoms with E-state index in [-0.39, 0.29) is 53.2 Å². The van der Waals surface area contributed by atoms with Crippen LogP contribution in [-0.4, -0.2) is 68.2 Å². The van der Waals surface area contributed by atoms with Crippen molar-refractivity contribution >= 4 is 17.5 Å². The molecule has 4 aromatic rings. The molecule has 12 atom stereocenters. The number of aromatic hydroxyl groups is 1. The van der Waals surface area contributed by atoms with Gasteiger partial charge in [0, 0.05) is 48.2 Å². The molecule has 0 radical (unpaired) electrons. The highest BCUT2D eigenvalue weighted by atomic mass is 16.6. The van der Waals surface area contributed by atoms with Crippen molar-refractivity contribution in [3.63, 3.8) is 0 Å². The zero-order valence-electron chi connectivity index (χ0n) is 47.2. The summed E-state index contributed by atoms with van der Waals surface area (Å²) in [7, 11) is 4.07. The molecule has 12 unspecified atom stereocenters. The number of aliphatic hydroxyl groups excluding tert-OH is 1. The van der Waals surface area contributed by atoms with Gasteiger partial charge in [-0.1, -0.05) is 91.9 Å². The van der Waals surface area contributed by atoms with Crippen molar-refractivity contribution in [1.82, 2.24) is 26.6 Å². The lowest BCUT2D eigenvalue weighted by molar-refractivity contribution is -0.135. The molecule has 7 N–H and O–H groups in total. The third-order valence-electron chi connectivity index (χ3n) is 21.0. The molecular formula is C69H81N5O6. The number of rotatable bonds is 11. The molecule has 11 aliphatic rings. The van der Waals surface area contributed by atoms with E-state index in [1.165, 1.54) is 22.3 Å². The number of phenols is 1. The summed E-state index contributed by atoms with van der Waals surface area (Å²) in [6.07, 6.45) is 20.4. The van der Waals surface area contributed by atoms with Crippen molar-refractivity contribution in [2.24, 2.45) is 45.8 Å². The van der Waals surface area contributed by atoms with Gasteiger partial charge in [0.05, 0.1) is 29.3 Å². The van der Waals surface area contributed by atoms with Gasteiger partial charge in [-0.05, 0) is 221 Å². The number of ether oxygens (including phenoxy) is 2. The Morgan fingerprint density at radius 1 is 0.838 bits per heavy atom. The van der Waals surface area contributed by atoms with E-state index in [4.69, 9.17) is 9.47 Å². The second kappa shape index (κ2) is 21.4. The predicted octanol–water partition coefficient (Wildman–Crippen LogP) is 11.0. The van der Waals surface area contributed by atoms with Crippen LogP contribution in [0.4, 0.5) is 0 Å². The molecule has 5 aliphatic heterocycles. The average molecular weight is 1080 g/mol. The maximum absolute atomic E-state index is 15.6. The number of fused-ring (bicyclic) bond motifs is 9. The lowest BCUT2D eigenvalue weighted by Gasteiger charge is -2.62. The molecule has 4 fully saturated rings. The van der Waals surface area contributed by atoms with Crippen LogP contribution in [0.3, 0.4) is 0 Å². The van der Waals surface area contributed by atoms with Gasteiger partial charge in [-0.15, -0.1) is 0 Å². The molecule has 4 aromatic carbocycles. The first kappa shape index (κ1) is 53.4. The summed E-state index contributed by atoms with van der Waals surface area (Å²) < 4.78 is 13.7. The third-order valence-corrected chi connectivity index (χ3v) is 21.0. The Morgan fingerprint density at radius 3 is 2.54 bits per heavy atom. The van der Waals surface area contributed by atoms with E-state index >= 15 is 9.59 Å². The van der Waals surface area contributed by atoms with E-state index in [1.807, 2.05) is 26.1 Å². The predicted molar refractivity (Wildman–Crippen MR) is 313 cm³/mol. The number of hydrogen-bond acceptors (Lipinski definition) is 11. The van der Waals surface area contributed by atoms with Crippen LogP contribution in [0.2, 0.25) is 0 Å². The van der Waals surface area contributed by atoms with Crippen molar-refractivity contribution < 1.29 is 29.3 Å². The maximum atomic E-state index is 15.6. The fraction of sp³-hybridized carbons (Fsp3) is 0.478. The molecule has 80 heavy (non-hydrogen) atoms. The first-order valence-electron chi connectivity index (χ1n) is 30.3. The zero-order chi connectivity index (χ0) is 54.9. The van der Waals surface area contributed by atoms with Crippen LogP contribution in [0, 0.1) is 45.8 Å². The summed E-state index contributed by atoms with van der Waals surface area (Å²) in [6, 6.07) is 32.0. The normalized spacial score (nSPS) is 32.6. The minimum atomic E-state index is -0.984. The largest absolute Gasteiger partial charge is 0.508 e. The van der Waals surface area contributed by atoms with Crippen molar-refractivity contribution in [3.8, 4) is 16.9 Å². The van der Waals surface area contributed by atoms with Crippen LogP contribution in [-0.2, 0) is 38.4 Å². The molecule has 15 rings (SSSR count). The van der Waals surface area contributed by atoms with E-state index in [9.17, 15) is 10.2 Å². The van der Waals surface area contributed by atoms with Crippen LogP contribution in [0.5, 0.6) is 5.75 Å². The van der Waals surface area contributed by atoms with Gasteiger partial charge in [0.1, 0.15) is 17.3 Å². The van der Waals surface area contributed by atoms with Gasteiger partial charge >= 0.3 is 11.9 Å². The highest BCUT2D eigenvalue weighted by Crippen LogP contribution is 2.77. The molecule has 2 spiro atoms. The Hall–Kier alpha value is -5.92. The summed E-state index contributed by atoms with van der Waals surface area (Å²) in [5.74, 6) is 1.04. The number of hydrogen-bond donors (Lipinski definition) is 7. The topological polar surface area (TPSA) is 153 Å². The molecule has 11 heteroatoms. The lowest BCUT2D eigenvalue weighted by Crippen LogP contribution is -2.58. The van der Waals surface area contributed by atoms with Gasteiger partial charge in [0.25, 0.3) is 0 Å². The van der Waals surface area contributed by atoms with Crippen LogP contribution >= 0.6 is 0 Å². The fourth-order valence-corrected chi connectivity index (χ4v) is 17.4. The maximum Gasteiger partial charge on any atom is 0.340 e. The van der Waals surface area contributed by atoms with Gasteiger partial charge in [0.15, 0.2) is 0 Å². The number of nitrogens with one attached hydrogen (secondary N) is 5. The number of allylic oxidation sites excluding steroid dienone is 6. The summed E-state index contributed by atoms with van der Waals surface area (Å²) in [5.41, 5.74) is 10.6. The first-order valence-corrected chi connectivity index (χ1v) is 30.3. The van der Waals surface area contributed by atoms with E-state index < -0.39 is 22.9 Å². The molecule has 11 nitrogen and oxygen atoms in total. The third kappa shape index (κ3) is 9.10. The van der Waals surface area contributed by atoms with Gasteiger partial charge in [0.2, 0.25) is 0 Å². The van der Waals surface area contributed by atoms with Crippen molar-refractivity contribution in [3.05, 3.63) is 177 Å². The fourth-order valence-electron chi connectivity index (χ4n) is 17.4. The van der Waals surface area contributed by atoms with Crippen molar-refractivity contribution in [1.29, 1.82) is 0 Å². The van der Waals surface area contributed by atoms with Gasteiger partial charge < -0.3 is 46.3 Å². The van der Waals surface area contributed by atoms with Crippen LogP contribution in [0.1, 0.15) is 130 Å². The lowest BCUT2D eigenvalue weighted by atomic mass is 9.38. The summed E-state index contributed by atoms with van der Waals surface area (Å²) in [4.78, 5) is 31.1.